The molecule has 1 aliphatic rings. The fourth-order valence-electron chi connectivity index (χ4n) is 4.15. The summed E-state index contributed by atoms with van der Waals surface area (Å²) in [6, 6.07) is 16.0. The first-order valence-corrected chi connectivity index (χ1v) is 12.7. The van der Waals surface area contributed by atoms with E-state index in [-0.39, 0.29) is 5.91 Å². The Morgan fingerprint density at radius 2 is 1.46 bits per heavy atom. The summed E-state index contributed by atoms with van der Waals surface area (Å²) in [5.41, 5.74) is 6.88. The lowest BCUT2D eigenvalue weighted by Gasteiger charge is -2.17. The number of aryl methyl sites for hydroxylation is 4. The molecule has 1 heterocycles. The fourth-order valence-corrected chi connectivity index (χ4v) is 5.78. The van der Waals surface area contributed by atoms with Gasteiger partial charge < -0.3 is 9.47 Å². The molecule has 0 aromatic heterocycles. The SMILES string of the molecule is COc1cc(/C=C2/SC(=Nc3cc(C)cc(C)c3)N(c3cc(C)cc(C)c3)C2=O)cc(Br)c1OC. The molecule has 7 heteroatoms. The van der Waals surface area contributed by atoms with Gasteiger partial charge in [0.1, 0.15) is 0 Å². The number of rotatable bonds is 5. The molecule has 0 aliphatic carbocycles. The van der Waals surface area contributed by atoms with Crippen LogP contribution in [0.25, 0.3) is 6.08 Å². The Kier molecular flexibility index (Phi) is 7.38. The third-order valence-corrected chi connectivity index (χ3v) is 7.01. The van der Waals surface area contributed by atoms with Crippen LogP contribution in [0.4, 0.5) is 11.4 Å². The third kappa shape index (κ3) is 5.46. The number of ether oxygens (including phenoxy) is 2. The number of nitrogens with zero attached hydrogens (tertiary/aromatic N) is 2. The summed E-state index contributed by atoms with van der Waals surface area (Å²) in [5.74, 6) is 1.07. The number of anilines is 1. The van der Waals surface area contributed by atoms with Crippen molar-refractivity contribution in [3.8, 4) is 11.5 Å². The monoisotopic (exact) mass is 550 g/mol. The molecule has 0 N–H and O–H groups in total. The molecule has 1 saturated heterocycles. The van der Waals surface area contributed by atoms with Crippen molar-refractivity contribution in [3.63, 3.8) is 0 Å². The molecule has 35 heavy (non-hydrogen) atoms. The minimum atomic E-state index is -0.117. The highest BCUT2D eigenvalue weighted by atomic mass is 79.9. The molecule has 3 aromatic carbocycles. The zero-order valence-corrected chi connectivity index (χ0v) is 23.0. The van der Waals surface area contributed by atoms with E-state index in [1.54, 1.807) is 19.1 Å². The molecule has 3 aromatic rings. The van der Waals surface area contributed by atoms with Crippen LogP contribution < -0.4 is 14.4 Å². The van der Waals surface area contributed by atoms with Gasteiger partial charge in [-0.15, -0.1) is 0 Å². The number of aliphatic imine (C=N–C) groups is 1. The van der Waals surface area contributed by atoms with Crippen LogP contribution in [0, 0.1) is 27.7 Å². The zero-order chi connectivity index (χ0) is 25.3. The molecule has 4 rings (SSSR count). The Morgan fingerprint density at radius 3 is 2.03 bits per heavy atom. The Hall–Kier alpha value is -3.03. The van der Waals surface area contributed by atoms with Gasteiger partial charge in [0.15, 0.2) is 16.7 Å². The van der Waals surface area contributed by atoms with Crippen LogP contribution in [0.1, 0.15) is 27.8 Å². The van der Waals surface area contributed by atoms with Crippen LogP contribution >= 0.6 is 27.7 Å². The summed E-state index contributed by atoms with van der Waals surface area (Å²) in [6.07, 6.45) is 1.86. The largest absolute Gasteiger partial charge is 0.493 e. The minimum Gasteiger partial charge on any atom is -0.493 e. The second-order valence-corrected chi connectivity index (χ2v) is 10.4. The topological polar surface area (TPSA) is 51.1 Å². The highest BCUT2D eigenvalue weighted by Crippen LogP contribution is 2.41. The minimum absolute atomic E-state index is 0.117. The summed E-state index contributed by atoms with van der Waals surface area (Å²) < 4.78 is 11.6. The lowest BCUT2D eigenvalue weighted by Crippen LogP contribution is -2.28. The molecule has 0 radical (unpaired) electrons. The van der Waals surface area contributed by atoms with Crippen LogP contribution in [0.2, 0.25) is 0 Å². The van der Waals surface area contributed by atoms with Gasteiger partial charge in [-0.25, -0.2) is 4.99 Å². The molecule has 0 atom stereocenters. The molecule has 1 aliphatic heterocycles. The summed E-state index contributed by atoms with van der Waals surface area (Å²) in [4.78, 5) is 20.9. The molecule has 1 amide bonds. The maximum Gasteiger partial charge on any atom is 0.271 e. The van der Waals surface area contributed by atoms with E-state index in [4.69, 9.17) is 14.5 Å². The molecule has 0 bridgehead atoms. The van der Waals surface area contributed by atoms with E-state index in [1.165, 1.54) is 11.8 Å². The van der Waals surface area contributed by atoms with Crippen molar-refractivity contribution in [2.45, 2.75) is 27.7 Å². The van der Waals surface area contributed by atoms with Crippen LogP contribution in [0.15, 0.2) is 62.9 Å². The van der Waals surface area contributed by atoms with E-state index in [9.17, 15) is 4.79 Å². The molecule has 1 fully saturated rings. The third-order valence-electron chi connectivity index (χ3n) is 5.46. The maximum atomic E-state index is 13.7. The molecule has 180 valence electrons. The average molecular weight is 552 g/mol. The van der Waals surface area contributed by atoms with Gasteiger partial charge in [-0.3, -0.25) is 9.69 Å². The van der Waals surface area contributed by atoms with Crippen molar-refractivity contribution >= 4 is 56.2 Å². The molecule has 5 nitrogen and oxygen atoms in total. The lowest BCUT2D eigenvalue weighted by molar-refractivity contribution is -0.113. The number of benzene rings is 3. The number of hydrogen-bond donors (Lipinski definition) is 0. The number of amides is 1. The van der Waals surface area contributed by atoms with Gasteiger partial charge in [0.2, 0.25) is 0 Å². The van der Waals surface area contributed by atoms with Crippen LogP contribution in [0.3, 0.4) is 0 Å². The number of carbonyl (C=O) groups is 1. The number of hydrogen-bond acceptors (Lipinski definition) is 5. The highest BCUT2D eigenvalue weighted by Gasteiger charge is 2.35. The van der Waals surface area contributed by atoms with E-state index >= 15 is 0 Å². The Bertz CT molecular complexity index is 1340. The van der Waals surface area contributed by atoms with E-state index in [0.717, 1.165) is 43.7 Å². The van der Waals surface area contributed by atoms with Crippen LogP contribution in [-0.2, 0) is 4.79 Å². The van der Waals surface area contributed by atoms with Crippen molar-refractivity contribution < 1.29 is 14.3 Å². The van der Waals surface area contributed by atoms with Gasteiger partial charge >= 0.3 is 0 Å². The van der Waals surface area contributed by atoms with Crippen molar-refractivity contribution in [3.05, 3.63) is 85.7 Å². The zero-order valence-electron chi connectivity index (χ0n) is 20.6. The number of amidine groups is 1. The lowest BCUT2D eigenvalue weighted by atomic mass is 10.1. The molecule has 0 unspecified atom stereocenters. The fraction of sp³-hybridized carbons (Fsp3) is 0.214. The van der Waals surface area contributed by atoms with Crippen LogP contribution in [-0.4, -0.2) is 25.3 Å². The first-order valence-electron chi connectivity index (χ1n) is 11.1. The Labute approximate surface area is 219 Å². The van der Waals surface area contributed by atoms with Crippen molar-refractivity contribution in [1.29, 1.82) is 0 Å². The molecular formula is C28H27BrN2O3S. The van der Waals surface area contributed by atoms with Crippen LogP contribution in [0.5, 0.6) is 11.5 Å². The first kappa shape index (κ1) is 25.1. The van der Waals surface area contributed by atoms with Gasteiger partial charge in [0, 0.05) is 0 Å². The first-order chi connectivity index (χ1) is 16.7. The van der Waals surface area contributed by atoms with Gasteiger partial charge in [-0.2, -0.15) is 0 Å². The predicted molar refractivity (Wildman–Crippen MR) is 149 cm³/mol. The number of carbonyl (C=O) groups excluding carboxylic acids is 1. The number of thioether (sulfide) groups is 1. The van der Waals surface area contributed by atoms with Crippen molar-refractivity contribution in [2.24, 2.45) is 4.99 Å². The van der Waals surface area contributed by atoms with E-state index in [0.29, 0.717) is 21.6 Å². The van der Waals surface area contributed by atoms with Gasteiger partial charge in [0.25, 0.3) is 5.91 Å². The number of halogens is 1. The molecular weight excluding hydrogens is 524 g/mol. The summed E-state index contributed by atoms with van der Waals surface area (Å²) in [7, 11) is 3.18. The molecule has 0 saturated carbocycles. The Morgan fingerprint density at radius 1 is 0.857 bits per heavy atom. The summed E-state index contributed by atoms with van der Waals surface area (Å²) in [5, 5.41) is 0.621. The van der Waals surface area contributed by atoms with Crippen molar-refractivity contribution in [1.82, 2.24) is 0 Å². The normalized spacial score (nSPS) is 15.9. The van der Waals surface area contributed by atoms with Gasteiger partial charge in [-0.1, -0.05) is 12.1 Å². The molecule has 0 spiro atoms. The van der Waals surface area contributed by atoms with Gasteiger partial charge in [0.05, 0.1) is 35.0 Å². The second-order valence-electron chi connectivity index (χ2n) is 8.58. The van der Waals surface area contributed by atoms with E-state index < -0.39 is 0 Å². The standard InChI is InChI=1S/C28H27BrN2O3S/c1-16-7-17(2)10-21(9-16)30-28-31(22-11-18(3)8-19(4)12-22)27(32)25(35-28)15-20-13-23(29)26(34-6)24(14-20)33-5/h7-15H,1-6H3/b25-15+,30-28?. The Balaban J connectivity index is 1.84. The highest BCUT2D eigenvalue weighted by molar-refractivity contribution is 9.10. The maximum absolute atomic E-state index is 13.7. The predicted octanol–water partition coefficient (Wildman–Crippen LogP) is 7.51. The van der Waals surface area contributed by atoms with E-state index in [1.807, 2.05) is 70.2 Å². The quantitative estimate of drug-likeness (QED) is 0.308. The number of methoxy groups -OCH3 is 2. The van der Waals surface area contributed by atoms with Crippen molar-refractivity contribution in [2.75, 3.05) is 19.1 Å². The smallest absolute Gasteiger partial charge is 0.271 e. The van der Waals surface area contributed by atoms with Gasteiger partial charge in [-0.05, 0) is 126 Å². The summed E-state index contributed by atoms with van der Waals surface area (Å²) >= 11 is 4.90. The average Bonchev–Trinajstić information content (AvgIpc) is 3.06. The van der Waals surface area contributed by atoms with E-state index in [2.05, 4.69) is 28.1 Å². The summed E-state index contributed by atoms with van der Waals surface area (Å²) in [6.45, 7) is 8.16. The second kappa shape index (κ2) is 10.3.